The van der Waals surface area contributed by atoms with Crippen LogP contribution in [0.3, 0.4) is 0 Å². The number of H-pyrrole nitrogens is 1. The van der Waals surface area contributed by atoms with Crippen molar-refractivity contribution in [3.05, 3.63) is 82.5 Å². The lowest BCUT2D eigenvalue weighted by Crippen LogP contribution is -2.13. The average Bonchev–Trinajstić information content (AvgIpc) is 3.33. The number of hydrogen-bond acceptors (Lipinski definition) is 5. The van der Waals surface area contributed by atoms with Crippen molar-refractivity contribution in [1.29, 1.82) is 0 Å². The Balaban J connectivity index is 1.35. The number of aromatic amines is 1. The fourth-order valence-corrected chi connectivity index (χ4v) is 3.80. The van der Waals surface area contributed by atoms with Gasteiger partial charge in [0.05, 0.1) is 22.5 Å². The van der Waals surface area contributed by atoms with Crippen molar-refractivity contribution in [2.45, 2.75) is 31.9 Å². The van der Waals surface area contributed by atoms with Gasteiger partial charge in [0, 0.05) is 30.8 Å². The molecule has 36 heavy (non-hydrogen) atoms. The van der Waals surface area contributed by atoms with Crippen LogP contribution in [0.15, 0.2) is 66.2 Å². The first-order valence-electron chi connectivity index (χ1n) is 10.9. The summed E-state index contributed by atoms with van der Waals surface area (Å²) >= 11 is 5.62. The van der Waals surface area contributed by atoms with E-state index < -0.39 is 22.7 Å². The third-order valence-electron chi connectivity index (χ3n) is 5.29. The van der Waals surface area contributed by atoms with E-state index in [0.717, 1.165) is 17.7 Å². The maximum atomic E-state index is 13.0. The van der Waals surface area contributed by atoms with Gasteiger partial charge < -0.3 is 15.0 Å². The summed E-state index contributed by atoms with van der Waals surface area (Å²) in [6.45, 7) is 0. The number of imidazole rings is 1. The summed E-state index contributed by atoms with van der Waals surface area (Å²) in [6.07, 6.45) is 4.71. The van der Waals surface area contributed by atoms with E-state index in [1.807, 2.05) is 12.2 Å². The Morgan fingerprint density at radius 1 is 1.22 bits per heavy atom. The van der Waals surface area contributed by atoms with Gasteiger partial charge in [0.2, 0.25) is 5.91 Å². The number of halogens is 4. The molecule has 7 nitrogen and oxygen atoms in total. The molecule has 2 N–H and O–H groups in total. The van der Waals surface area contributed by atoms with Crippen LogP contribution in [-0.2, 0) is 11.0 Å². The molecule has 2 aromatic heterocycles. The summed E-state index contributed by atoms with van der Waals surface area (Å²) in [5.74, 6) is 1.26. The minimum absolute atomic E-state index is 0.0271. The van der Waals surface area contributed by atoms with Crippen LogP contribution >= 0.6 is 11.6 Å². The largest absolute Gasteiger partial charge is 0.462 e. The molecule has 4 rings (SSSR count). The number of allylic oxidation sites excluding steroid dienone is 4. The molecule has 1 aliphatic carbocycles. The number of hydrogen-bond donors (Lipinski definition) is 2. The van der Waals surface area contributed by atoms with E-state index in [4.69, 9.17) is 16.3 Å². The third kappa shape index (κ3) is 6.39. The van der Waals surface area contributed by atoms with E-state index in [0.29, 0.717) is 54.3 Å². The lowest BCUT2D eigenvalue weighted by atomic mass is 10.0. The number of nitrogens with zero attached hydrogens (tertiary/aromatic N) is 2. The van der Waals surface area contributed by atoms with E-state index >= 15 is 0 Å². The van der Waals surface area contributed by atoms with Gasteiger partial charge in [-0.3, -0.25) is 14.6 Å². The number of alkyl halides is 3. The number of benzene rings is 1. The first kappa shape index (κ1) is 25.2. The van der Waals surface area contributed by atoms with Crippen LogP contribution in [0.1, 0.15) is 41.7 Å². The summed E-state index contributed by atoms with van der Waals surface area (Å²) in [5.41, 5.74) is 0.759. The summed E-state index contributed by atoms with van der Waals surface area (Å²) in [4.78, 5) is 34.4. The van der Waals surface area contributed by atoms with Gasteiger partial charge in [-0.05, 0) is 48.8 Å². The Labute approximate surface area is 209 Å². The minimum atomic E-state index is -4.61. The highest BCUT2D eigenvalue weighted by molar-refractivity contribution is 6.31. The van der Waals surface area contributed by atoms with Crippen molar-refractivity contribution >= 4 is 29.5 Å². The number of anilines is 1. The Hall–Kier alpha value is -3.92. The first-order chi connectivity index (χ1) is 17.2. The molecule has 0 saturated carbocycles. The van der Waals surface area contributed by atoms with Crippen LogP contribution in [-0.4, -0.2) is 27.1 Å². The molecule has 0 saturated heterocycles. The smallest absolute Gasteiger partial charge is 0.417 e. The van der Waals surface area contributed by atoms with Crippen molar-refractivity contribution in [3.8, 4) is 17.3 Å². The topological polar surface area (TPSA) is 97.0 Å². The van der Waals surface area contributed by atoms with Crippen molar-refractivity contribution in [1.82, 2.24) is 15.0 Å². The molecule has 0 bridgehead atoms. The lowest BCUT2D eigenvalue weighted by molar-refractivity contribution is -0.137. The molecule has 3 aromatic rings. The van der Waals surface area contributed by atoms with Gasteiger partial charge in [0.1, 0.15) is 17.2 Å². The number of rotatable bonds is 8. The summed E-state index contributed by atoms with van der Waals surface area (Å²) in [5, 5.41) is 2.06. The molecule has 0 radical (unpaired) electrons. The molecular formula is C25H20ClF3N4O3. The summed E-state index contributed by atoms with van der Waals surface area (Å²) < 4.78 is 45.1. The first-order valence-corrected chi connectivity index (χ1v) is 11.3. The molecular weight excluding hydrogens is 497 g/mol. The van der Waals surface area contributed by atoms with E-state index in [1.54, 1.807) is 18.3 Å². The molecule has 0 fully saturated rings. The Bertz CT molecular complexity index is 1350. The normalized spacial score (nSPS) is 13.6. The van der Waals surface area contributed by atoms with Gasteiger partial charge in [0.25, 0.3) is 0 Å². The highest BCUT2D eigenvalue weighted by atomic mass is 35.5. The number of aromatic nitrogens is 3. The fourth-order valence-electron chi connectivity index (χ4n) is 3.57. The molecule has 0 aliphatic heterocycles. The molecule has 1 aromatic carbocycles. The summed E-state index contributed by atoms with van der Waals surface area (Å²) in [7, 11) is 0. The van der Waals surface area contributed by atoms with Crippen molar-refractivity contribution in [2.24, 2.45) is 0 Å². The second kappa shape index (κ2) is 10.8. The van der Waals surface area contributed by atoms with Gasteiger partial charge in [-0.2, -0.15) is 13.2 Å². The quantitative estimate of drug-likeness (QED) is 0.340. The minimum Gasteiger partial charge on any atom is -0.462 e. The maximum Gasteiger partial charge on any atom is 0.417 e. The fraction of sp³-hybridized carbons (Fsp3) is 0.200. The van der Waals surface area contributed by atoms with Gasteiger partial charge >= 0.3 is 6.18 Å². The van der Waals surface area contributed by atoms with E-state index in [1.165, 1.54) is 12.3 Å². The molecule has 186 valence electrons. The number of amides is 1. The highest BCUT2D eigenvalue weighted by Gasteiger charge is 2.33. The Kier molecular flexibility index (Phi) is 7.54. The second-order valence-electron chi connectivity index (χ2n) is 7.95. The predicted molar refractivity (Wildman–Crippen MR) is 128 cm³/mol. The zero-order valence-corrected chi connectivity index (χ0v) is 19.5. The van der Waals surface area contributed by atoms with E-state index in [9.17, 15) is 22.8 Å². The zero-order valence-electron chi connectivity index (χ0n) is 18.7. The van der Waals surface area contributed by atoms with Gasteiger partial charge in [0.15, 0.2) is 12.1 Å². The van der Waals surface area contributed by atoms with Gasteiger partial charge in [-0.15, -0.1) is 0 Å². The Morgan fingerprint density at radius 3 is 2.81 bits per heavy atom. The number of carbonyl (C=O) groups is 2. The summed E-state index contributed by atoms with van der Waals surface area (Å²) in [6, 6.07) is 6.64. The van der Waals surface area contributed by atoms with Crippen LogP contribution in [0.4, 0.5) is 18.9 Å². The molecule has 11 heteroatoms. The average molecular weight is 517 g/mol. The number of pyridine rings is 1. The molecule has 0 unspecified atom stereocenters. The number of ether oxygens (including phenoxy) is 1. The SMILES string of the molecule is O=Cc1cnc(-c2cc(OC3=CC(CCC(=O)Nc4ccc(Cl)c(C(F)(F)F)c4)=CCC3)ccn2)[nH]1. The predicted octanol–water partition coefficient (Wildman–Crippen LogP) is 6.36. The van der Waals surface area contributed by atoms with Crippen LogP contribution in [0, 0.1) is 0 Å². The zero-order chi connectivity index (χ0) is 25.7. The van der Waals surface area contributed by atoms with Crippen LogP contribution < -0.4 is 10.1 Å². The lowest BCUT2D eigenvalue weighted by Gasteiger charge is -2.15. The number of nitrogens with one attached hydrogen (secondary N) is 2. The third-order valence-corrected chi connectivity index (χ3v) is 5.61. The van der Waals surface area contributed by atoms with Crippen LogP contribution in [0.25, 0.3) is 11.5 Å². The maximum absolute atomic E-state index is 13.0. The van der Waals surface area contributed by atoms with E-state index in [-0.39, 0.29) is 12.1 Å². The molecule has 0 atom stereocenters. The highest BCUT2D eigenvalue weighted by Crippen LogP contribution is 2.36. The second-order valence-corrected chi connectivity index (χ2v) is 8.36. The Morgan fingerprint density at radius 2 is 2.06 bits per heavy atom. The van der Waals surface area contributed by atoms with E-state index in [2.05, 4.69) is 20.3 Å². The standard InChI is InChI=1S/C25H20ClF3N4O3/c26-21-6-5-16(11-20(21)25(27,28)29)32-23(35)7-4-15-2-1-3-18(10-15)36-19-8-9-30-22(12-19)24-31-13-17(14-34)33-24/h2,5-6,8-14H,1,3-4,7H2,(H,31,33)(H,32,35). The van der Waals surface area contributed by atoms with Gasteiger partial charge in [-0.1, -0.05) is 17.7 Å². The monoisotopic (exact) mass is 516 g/mol. The number of carbonyl (C=O) groups excluding carboxylic acids is 2. The van der Waals surface area contributed by atoms with Crippen molar-refractivity contribution < 1.29 is 27.5 Å². The molecule has 1 aliphatic rings. The van der Waals surface area contributed by atoms with Crippen LogP contribution in [0.5, 0.6) is 5.75 Å². The molecule has 1 amide bonds. The van der Waals surface area contributed by atoms with Gasteiger partial charge in [-0.25, -0.2) is 4.98 Å². The van der Waals surface area contributed by atoms with Crippen LogP contribution in [0.2, 0.25) is 5.02 Å². The van der Waals surface area contributed by atoms with Crippen molar-refractivity contribution in [3.63, 3.8) is 0 Å². The number of aldehydes is 1. The van der Waals surface area contributed by atoms with Crippen molar-refractivity contribution in [2.75, 3.05) is 5.32 Å². The molecule has 0 spiro atoms. The molecule has 2 heterocycles.